The van der Waals surface area contributed by atoms with Crippen LogP contribution in [0.25, 0.3) is 0 Å². The lowest BCUT2D eigenvalue weighted by Gasteiger charge is -2.16. The Bertz CT molecular complexity index is 435. The van der Waals surface area contributed by atoms with Crippen LogP contribution in [0.2, 0.25) is 0 Å². The van der Waals surface area contributed by atoms with Crippen LogP contribution < -0.4 is 0 Å². The highest BCUT2D eigenvalue weighted by atomic mass is 35.5. The number of benzene rings is 1. The van der Waals surface area contributed by atoms with E-state index in [1.54, 1.807) is 0 Å². The summed E-state index contributed by atoms with van der Waals surface area (Å²) in [6, 6.07) is 2.30. The Labute approximate surface area is 109 Å². The number of aliphatic hydroxyl groups excluding tert-OH is 1. The molecule has 0 fully saturated rings. The summed E-state index contributed by atoms with van der Waals surface area (Å²) in [5.41, 5.74) is 6.83. The van der Waals surface area contributed by atoms with Gasteiger partial charge in [-0.15, -0.1) is 11.6 Å². The quantitative estimate of drug-likeness (QED) is 0.818. The number of alkyl halides is 1. The number of fused-ring (bicyclic) bond motifs is 1. The maximum Gasteiger partial charge on any atom is 0.0687 e. The molecule has 1 nitrogen and oxygen atoms in total. The first kappa shape index (κ1) is 12.9. The Morgan fingerprint density at radius 3 is 2.59 bits per heavy atom. The lowest BCUT2D eigenvalue weighted by atomic mass is 9.89. The normalized spacial score (nSPS) is 17.2. The van der Waals surface area contributed by atoms with E-state index in [1.807, 2.05) is 0 Å². The predicted molar refractivity (Wildman–Crippen MR) is 72.7 cm³/mol. The Morgan fingerprint density at radius 2 is 2.00 bits per heavy atom. The lowest BCUT2D eigenvalue weighted by Crippen LogP contribution is -2.10. The highest BCUT2D eigenvalue weighted by Crippen LogP contribution is 2.40. The molecule has 0 saturated carbocycles. The molecule has 1 N–H and O–H groups in total. The van der Waals surface area contributed by atoms with Crippen LogP contribution in [0.3, 0.4) is 0 Å². The second kappa shape index (κ2) is 4.62. The number of hydrogen-bond donors (Lipinski definition) is 1. The van der Waals surface area contributed by atoms with E-state index in [9.17, 15) is 5.11 Å². The van der Waals surface area contributed by atoms with Crippen LogP contribution in [-0.2, 0) is 25.9 Å². The van der Waals surface area contributed by atoms with Crippen LogP contribution in [0.4, 0.5) is 0 Å². The molecular weight excluding hydrogens is 232 g/mol. The molecule has 0 saturated heterocycles. The van der Waals surface area contributed by atoms with Crippen molar-refractivity contribution in [1.29, 1.82) is 0 Å². The van der Waals surface area contributed by atoms with E-state index in [1.165, 1.54) is 22.3 Å². The molecule has 0 radical (unpaired) electrons. The SMILES string of the molecule is Cc1cc2c(c(CO)c1CCCl)CC(C)(C)C2. The van der Waals surface area contributed by atoms with E-state index < -0.39 is 0 Å². The van der Waals surface area contributed by atoms with E-state index in [0.29, 0.717) is 11.3 Å². The van der Waals surface area contributed by atoms with Gasteiger partial charge < -0.3 is 5.11 Å². The molecule has 2 heteroatoms. The van der Waals surface area contributed by atoms with Crippen molar-refractivity contribution < 1.29 is 5.11 Å². The molecule has 1 aromatic carbocycles. The Kier molecular flexibility index (Phi) is 3.51. The van der Waals surface area contributed by atoms with E-state index in [4.69, 9.17) is 11.6 Å². The van der Waals surface area contributed by atoms with Gasteiger partial charge in [0.1, 0.15) is 0 Å². The molecule has 2 rings (SSSR count). The molecule has 0 aliphatic heterocycles. The fraction of sp³-hybridized carbons (Fsp3) is 0.600. The van der Waals surface area contributed by atoms with Crippen molar-refractivity contribution >= 4 is 11.6 Å². The third-order valence-corrected chi connectivity index (χ3v) is 4.00. The van der Waals surface area contributed by atoms with Crippen LogP contribution in [0.5, 0.6) is 0 Å². The van der Waals surface area contributed by atoms with Gasteiger partial charge in [0.2, 0.25) is 0 Å². The average molecular weight is 253 g/mol. The van der Waals surface area contributed by atoms with E-state index in [-0.39, 0.29) is 6.61 Å². The minimum Gasteiger partial charge on any atom is -0.392 e. The zero-order valence-electron chi connectivity index (χ0n) is 10.9. The highest BCUT2D eigenvalue weighted by Gasteiger charge is 2.31. The summed E-state index contributed by atoms with van der Waals surface area (Å²) in [6.07, 6.45) is 3.06. The van der Waals surface area contributed by atoms with E-state index in [0.717, 1.165) is 24.8 Å². The molecule has 1 aromatic rings. The monoisotopic (exact) mass is 252 g/mol. The minimum atomic E-state index is 0.145. The van der Waals surface area contributed by atoms with Crippen LogP contribution in [0.1, 0.15) is 41.7 Å². The first-order valence-corrected chi connectivity index (χ1v) is 6.82. The molecule has 1 aliphatic carbocycles. The van der Waals surface area contributed by atoms with Gasteiger partial charge >= 0.3 is 0 Å². The fourth-order valence-corrected chi connectivity index (χ4v) is 3.31. The molecule has 0 bridgehead atoms. The van der Waals surface area contributed by atoms with Crippen LogP contribution in [-0.4, -0.2) is 11.0 Å². The van der Waals surface area contributed by atoms with Gasteiger partial charge in [-0.05, 0) is 59.4 Å². The van der Waals surface area contributed by atoms with Crippen molar-refractivity contribution in [2.24, 2.45) is 5.41 Å². The number of aliphatic hydroxyl groups is 1. The molecule has 0 unspecified atom stereocenters. The number of rotatable bonds is 3. The summed E-state index contributed by atoms with van der Waals surface area (Å²) in [6.45, 7) is 6.87. The number of aryl methyl sites for hydroxylation is 1. The van der Waals surface area contributed by atoms with Gasteiger partial charge in [0, 0.05) is 5.88 Å². The fourth-order valence-electron chi connectivity index (χ4n) is 3.12. The van der Waals surface area contributed by atoms with Crippen molar-refractivity contribution in [3.63, 3.8) is 0 Å². The summed E-state index contributed by atoms with van der Waals surface area (Å²) in [5.74, 6) is 0.621. The molecule has 0 amide bonds. The van der Waals surface area contributed by atoms with Gasteiger partial charge in [0.05, 0.1) is 6.61 Å². The molecule has 0 atom stereocenters. The van der Waals surface area contributed by atoms with Crippen LogP contribution >= 0.6 is 11.6 Å². The smallest absolute Gasteiger partial charge is 0.0687 e. The van der Waals surface area contributed by atoms with Gasteiger partial charge in [-0.1, -0.05) is 19.9 Å². The predicted octanol–water partition coefficient (Wildman–Crippen LogP) is 3.39. The molecule has 94 valence electrons. The summed E-state index contributed by atoms with van der Waals surface area (Å²) in [5, 5.41) is 9.66. The molecular formula is C15H21ClO. The van der Waals surface area contributed by atoms with Crippen LogP contribution in [0.15, 0.2) is 6.07 Å². The van der Waals surface area contributed by atoms with Gasteiger partial charge in [0.15, 0.2) is 0 Å². The van der Waals surface area contributed by atoms with Gasteiger partial charge in [-0.25, -0.2) is 0 Å². The third kappa shape index (κ3) is 2.36. The lowest BCUT2D eigenvalue weighted by molar-refractivity contribution is 0.278. The molecule has 0 spiro atoms. The Balaban J connectivity index is 2.54. The zero-order valence-corrected chi connectivity index (χ0v) is 11.7. The molecule has 0 heterocycles. The van der Waals surface area contributed by atoms with Gasteiger partial charge in [0.25, 0.3) is 0 Å². The Hall–Kier alpha value is -0.530. The van der Waals surface area contributed by atoms with Crippen molar-refractivity contribution in [1.82, 2.24) is 0 Å². The zero-order chi connectivity index (χ0) is 12.6. The van der Waals surface area contributed by atoms with Crippen molar-refractivity contribution in [3.05, 3.63) is 33.9 Å². The Morgan fingerprint density at radius 1 is 1.29 bits per heavy atom. The molecule has 17 heavy (non-hydrogen) atoms. The number of hydrogen-bond acceptors (Lipinski definition) is 1. The average Bonchev–Trinajstić information content (AvgIpc) is 2.53. The highest BCUT2D eigenvalue weighted by molar-refractivity contribution is 6.18. The largest absolute Gasteiger partial charge is 0.392 e. The van der Waals surface area contributed by atoms with E-state index >= 15 is 0 Å². The minimum absolute atomic E-state index is 0.145. The summed E-state index contributed by atoms with van der Waals surface area (Å²) < 4.78 is 0. The second-order valence-electron chi connectivity index (χ2n) is 5.90. The van der Waals surface area contributed by atoms with E-state index in [2.05, 4.69) is 26.8 Å². The van der Waals surface area contributed by atoms with Gasteiger partial charge in [-0.3, -0.25) is 0 Å². The third-order valence-electron chi connectivity index (χ3n) is 3.81. The second-order valence-corrected chi connectivity index (χ2v) is 6.28. The van der Waals surface area contributed by atoms with Crippen molar-refractivity contribution in [2.45, 2.75) is 46.6 Å². The number of halogens is 1. The summed E-state index contributed by atoms with van der Waals surface area (Å²) in [7, 11) is 0. The first-order valence-electron chi connectivity index (χ1n) is 6.28. The summed E-state index contributed by atoms with van der Waals surface area (Å²) >= 11 is 5.86. The standard InChI is InChI=1S/C15H21ClO/c1-10-6-11-7-15(2,3)8-13(11)14(9-17)12(10)4-5-16/h6,17H,4-5,7-9H2,1-3H3. The maximum atomic E-state index is 9.66. The molecule has 1 aliphatic rings. The molecule has 0 aromatic heterocycles. The van der Waals surface area contributed by atoms with Crippen molar-refractivity contribution in [2.75, 3.05) is 5.88 Å². The van der Waals surface area contributed by atoms with Crippen LogP contribution in [0, 0.1) is 12.3 Å². The summed E-state index contributed by atoms with van der Waals surface area (Å²) in [4.78, 5) is 0. The van der Waals surface area contributed by atoms with Crippen molar-refractivity contribution in [3.8, 4) is 0 Å². The first-order chi connectivity index (χ1) is 7.98. The topological polar surface area (TPSA) is 20.2 Å². The maximum absolute atomic E-state index is 9.66. The van der Waals surface area contributed by atoms with Gasteiger partial charge in [-0.2, -0.15) is 0 Å².